The lowest BCUT2D eigenvalue weighted by Crippen LogP contribution is -2.57. The van der Waals surface area contributed by atoms with E-state index < -0.39 is 47.7 Å². The number of rotatable bonds is 16. The average Bonchev–Trinajstić information content (AvgIpc) is 2.75. The van der Waals surface area contributed by atoms with Crippen LogP contribution in [0, 0.1) is 5.92 Å². The molecule has 4 amide bonds. The highest BCUT2D eigenvalue weighted by molar-refractivity contribution is 5.94. The summed E-state index contributed by atoms with van der Waals surface area (Å²) in [6, 6.07) is -3.52. The van der Waals surface area contributed by atoms with Crippen LogP contribution in [0.25, 0.3) is 0 Å². The van der Waals surface area contributed by atoms with Gasteiger partial charge in [-0.2, -0.15) is 0 Å². The van der Waals surface area contributed by atoms with Gasteiger partial charge in [0.15, 0.2) is 5.96 Å². The summed E-state index contributed by atoms with van der Waals surface area (Å²) in [6.07, 6.45) is 0.443. The summed E-state index contributed by atoms with van der Waals surface area (Å²) < 4.78 is 0. The normalized spacial score (nSPS) is 14.2. The summed E-state index contributed by atoms with van der Waals surface area (Å²) in [5.74, 6) is -4.47. The molecule has 0 aliphatic heterocycles. The minimum absolute atomic E-state index is 0.0242. The van der Waals surface area contributed by atoms with Gasteiger partial charge in [-0.3, -0.25) is 24.2 Å². The molecule has 14 heteroatoms. The molecule has 0 radical (unpaired) electrons. The number of primary amides is 1. The second-order valence-corrected chi connectivity index (χ2v) is 7.55. The Morgan fingerprint density at radius 1 is 0.939 bits per heavy atom. The van der Waals surface area contributed by atoms with Gasteiger partial charge >= 0.3 is 5.97 Å². The van der Waals surface area contributed by atoms with Crippen molar-refractivity contribution in [2.75, 3.05) is 13.1 Å². The number of aliphatic imine (C=N–C) groups is 1. The summed E-state index contributed by atoms with van der Waals surface area (Å²) in [6.45, 7) is 3.39. The van der Waals surface area contributed by atoms with Gasteiger partial charge in [-0.15, -0.1) is 0 Å². The van der Waals surface area contributed by atoms with Crippen LogP contribution in [0.5, 0.6) is 0 Å². The molecule has 0 aromatic heterocycles. The second kappa shape index (κ2) is 15.4. The van der Waals surface area contributed by atoms with Gasteiger partial charge in [-0.25, -0.2) is 4.79 Å². The van der Waals surface area contributed by atoms with Gasteiger partial charge in [0.1, 0.15) is 18.1 Å². The molecule has 4 atom stereocenters. The summed E-state index contributed by atoms with van der Waals surface area (Å²) in [5.41, 5.74) is 20.9. The zero-order valence-corrected chi connectivity index (χ0v) is 19.0. The van der Waals surface area contributed by atoms with Gasteiger partial charge in [-0.1, -0.05) is 20.3 Å². The molecule has 188 valence electrons. The molecule has 0 saturated heterocycles. The van der Waals surface area contributed by atoms with Crippen molar-refractivity contribution >= 4 is 35.6 Å². The number of carbonyl (C=O) groups is 5. The molecule has 0 rings (SSSR count). The number of amides is 4. The Hall–Kier alpha value is -3.42. The molecule has 0 spiro atoms. The Morgan fingerprint density at radius 3 is 2.03 bits per heavy atom. The molecule has 0 bridgehead atoms. The van der Waals surface area contributed by atoms with Crippen molar-refractivity contribution in [2.45, 2.75) is 64.1 Å². The molecular formula is C19H36N8O6. The van der Waals surface area contributed by atoms with Crippen molar-refractivity contribution in [1.82, 2.24) is 16.0 Å². The highest BCUT2D eigenvalue weighted by Gasteiger charge is 2.31. The first-order valence-electron chi connectivity index (χ1n) is 10.6. The maximum absolute atomic E-state index is 12.8. The average molecular weight is 473 g/mol. The molecule has 0 aromatic rings. The quantitative estimate of drug-likeness (QED) is 0.0639. The van der Waals surface area contributed by atoms with Crippen molar-refractivity contribution < 1.29 is 29.1 Å². The van der Waals surface area contributed by atoms with Crippen LogP contribution in [0.15, 0.2) is 4.99 Å². The number of nitrogens with two attached hydrogens (primary N) is 4. The largest absolute Gasteiger partial charge is 0.480 e. The van der Waals surface area contributed by atoms with Gasteiger partial charge < -0.3 is 44.0 Å². The van der Waals surface area contributed by atoms with Crippen molar-refractivity contribution in [1.29, 1.82) is 0 Å². The number of aliphatic carboxylic acids is 1. The van der Waals surface area contributed by atoms with E-state index in [9.17, 15) is 29.1 Å². The number of hydrogen-bond acceptors (Lipinski definition) is 7. The van der Waals surface area contributed by atoms with E-state index in [1.807, 2.05) is 6.92 Å². The van der Waals surface area contributed by atoms with Crippen LogP contribution < -0.4 is 38.9 Å². The number of carbonyl (C=O) groups excluding carboxylic acids is 4. The molecule has 12 N–H and O–H groups in total. The van der Waals surface area contributed by atoms with Crippen LogP contribution >= 0.6 is 0 Å². The number of nitrogens with one attached hydrogen (secondary N) is 3. The van der Waals surface area contributed by atoms with Crippen LogP contribution in [0.4, 0.5) is 0 Å². The lowest BCUT2D eigenvalue weighted by molar-refractivity contribution is -0.142. The van der Waals surface area contributed by atoms with Crippen molar-refractivity contribution in [2.24, 2.45) is 33.8 Å². The number of carboxylic acid groups (broad SMARTS) is 1. The van der Waals surface area contributed by atoms with Crippen molar-refractivity contribution in [3.63, 3.8) is 0 Å². The SMILES string of the molecule is CCC(C)C(NC(=O)CN)C(=O)NC(CCC(N)=O)C(=O)NC(CCCN=C(N)N)C(=O)O. The van der Waals surface area contributed by atoms with Gasteiger partial charge in [0, 0.05) is 13.0 Å². The molecule has 0 heterocycles. The monoisotopic (exact) mass is 472 g/mol. The summed E-state index contributed by atoms with van der Waals surface area (Å²) in [4.78, 5) is 63.8. The maximum atomic E-state index is 12.8. The molecule has 0 fully saturated rings. The Kier molecular flexibility index (Phi) is 13.8. The predicted octanol–water partition coefficient (Wildman–Crippen LogP) is -3.15. The molecule has 0 saturated carbocycles. The minimum Gasteiger partial charge on any atom is -0.480 e. The molecule has 14 nitrogen and oxygen atoms in total. The maximum Gasteiger partial charge on any atom is 0.326 e. The zero-order valence-electron chi connectivity index (χ0n) is 19.0. The second-order valence-electron chi connectivity index (χ2n) is 7.55. The van der Waals surface area contributed by atoms with Crippen LogP contribution in [-0.4, -0.2) is 71.9 Å². The summed E-state index contributed by atoms with van der Waals surface area (Å²) in [5, 5.41) is 16.7. The van der Waals surface area contributed by atoms with Crippen LogP contribution in [-0.2, 0) is 24.0 Å². The van der Waals surface area contributed by atoms with Gasteiger partial charge in [0.2, 0.25) is 23.6 Å². The minimum atomic E-state index is -1.29. The summed E-state index contributed by atoms with van der Waals surface area (Å²) in [7, 11) is 0. The van der Waals surface area contributed by atoms with E-state index in [0.717, 1.165) is 0 Å². The Morgan fingerprint density at radius 2 is 1.55 bits per heavy atom. The van der Waals surface area contributed by atoms with E-state index in [1.54, 1.807) is 6.92 Å². The van der Waals surface area contributed by atoms with E-state index in [4.69, 9.17) is 22.9 Å². The Labute approximate surface area is 192 Å². The van der Waals surface area contributed by atoms with E-state index in [1.165, 1.54) is 0 Å². The first kappa shape index (κ1) is 29.6. The number of guanidine groups is 1. The first-order valence-corrected chi connectivity index (χ1v) is 10.6. The topological polar surface area (TPSA) is 258 Å². The van der Waals surface area contributed by atoms with Gasteiger partial charge in [-0.05, 0) is 25.2 Å². The fourth-order valence-corrected chi connectivity index (χ4v) is 2.78. The molecule has 0 aliphatic rings. The summed E-state index contributed by atoms with van der Waals surface area (Å²) >= 11 is 0. The molecule has 33 heavy (non-hydrogen) atoms. The molecular weight excluding hydrogens is 436 g/mol. The molecule has 4 unspecified atom stereocenters. The number of nitrogens with zero attached hydrogens (tertiary/aromatic N) is 1. The standard InChI is InChI=1S/C19H36N8O6/c1-3-10(2)15(27-14(29)9-20)17(31)25-11(6-7-13(21)28)16(30)26-12(18(32)33)5-4-8-24-19(22)23/h10-12,15H,3-9,20H2,1-2H3,(H2,21,28)(H,25,31)(H,26,30)(H,27,29)(H,32,33)(H4,22,23,24). The number of hydrogen-bond donors (Lipinski definition) is 8. The van der Waals surface area contributed by atoms with Crippen LogP contribution in [0.3, 0.4) is 0 Å². The van der Waals surface area contributed by atoms with Gasteiger partial charge in [0.25, 0.3) is 0 Å². The molecule has 0 aromatic carbocycles. The smallest absolute Gasteiger partial charge is 0.326 e. The van der Waals surface area contributed by atoms with Gasteiger partial charge in [0.05, 0.1) is 6.54 Å². The predicted molar refractivity (Wildman–Crippen MR) is 120 cm³/mol. The third-order valence-corrected chi connectivity index (χ3v) is 4.87. The van der Waals surface area contributed by atoms with E-state index in [0.29, 0.717) is 6.42 Å². The van der Waals surface area contributed by atoms with Crippen LogP contribution in [0.1, 0.15) is 46.0 Å². The van der Waals surface area contributed by atoms with E-state index in [-0.39, 0.29) is 50.7 Å². The van der Waals surface area contributed by atoms with Crippen LogP contribution in [0.2, 0.25) is 0 Å². The first-order chi connectivity index (χ1) is 15.4. The van der Waals surface area contributed by atoms with E-state index >= 15 is 0 Å². The lowest BCUT2D eigenvalue weighted by atomic mass is 9.97. The fraction of sp³-hybridized carbons (Fsp3) is 0.684. The highest BCUT2D eigenvalue weighted by atomic mass is 16.4. The van der Waals surface area contributed by atoms with Crippen molar-refractivity contribution in [3.05, 3.63) is 0 Å². The van der Waals surface area contributed by atoms with Crippen molar-refractivity contribution in [3.8, 4) is 0 Å². The zero-order chi connectivity index (χ0) is 25.6. The third-order valence-electron chi connectivity index (χ3n) is 4.87. The Balaban J connectivity index is 5.43. The molecule has 0 aliphatic carbocycles. The fourth-order valence-electron chi connectivity index (χ4n) is 2.78. The number of carboxylic acids is 1. The lowest BCUT2D eigenvalue weighted by Gasteiger charge is -2.27. The third kappa shape index (κ3) is 12.3. The Bertz CT molecular complexity index is 725. The van der Waals surface area contributed by atoms with E-state index in [2.05, 4.69) is 20.9 Å². The highest BCUT2D eigenvalue weighted by Crippen LogP contribution is 2.10.